The number of fused-ring (bicyclic) bond motifs is 3. The first-order chi connectivity index (χ1) is 13.5. The van der Waals surface area contributed by atoms with Gasteiger partial charge in [-0.2, -0.15) is 0 Å². The van der Waals surface area contributed by atoms with Gasteiger partial charge in [0.25, 0.3) is 0 Å². The largest absolute Gasteiger partial charge is 0.449 e. The summed E-state index contributed by atoms with van der Waals surface area (Å²) in [5, 5.41) is 12.1. The zero-order valence-electron chi connectivity index (χ0n) is 15.4. The first-order valence-corrected chi connectivity index (χ1v) is 9.57. The van der Waals surface area contributed by atoms with Crippen LogP contribution in [0.1, 0.15) is 36.3 Å². The van der Waals surface area contributed by atoms with Crippen LogP contribution in [0.15, 0.2) is 48.5 Å². The quantitative estimate of drug-likeness (QED) is 0.776. The summed E-state index contributed by atoms with van der Waals surface area (Å²) in [6, 6.07) is 15.5. The second-order valence-electron chi connectivity index (χ2n) is 7.72. The number of alkyl halides is 2. The summed E-state index contributed by atoms with van der Waals surface area (Å²) >= 11 is 0. The molecule has 148 valence electrons. The van der Waals surface area contributed by atoms with Crippen LogP contribution in [-0.4, -0.2) is 36.4 Å². The fourth-order valence-electron chi connectivity index (χ4n) is 4.34. The van der Waals surface area contributed by atoms with Crippen LogP contribution in [0, 0.1) is 5.92 Å². The van der Waals surface area contributed by atoms with Gasteiger partial charge in [-0.05, 0) is 34.6 Å². The van der Waals surface area contributed by atoms with Crippen molar-refractivity contribution in [3.8, 4) is 11.1 Å². The van der Waals surface area contributed by atoms with E-state index in [2.05, 4.69) is 17.4 Å². The fraction of sp³-hybridized carbons (Fsp3) is 0.409. The summed E-state index contributed by atoms with van der Waals surface area (Å²) in [6.07, 6.45) is -0.672. The van der Waals surface area contributed by atoms with Gasteiger partial charge in [-0.15, -0.1) is 0 Å². The van der Waals surface area contributed by atoms with E-state index in [9.17, 15) is 18.7 Å². The monoisotopic (exact) mass is 387 g/mol. The van der Waals surface area contributed by atoms with Gasteiger partial charge >= 0.3 is 6.09 Å². The Bertz CT molecular complexity index is 817. The summed E-state index contributed by atoms with van der Waals surface area (Å²) in [5.74, 6) is -2.83. The van der Waals surface area contributed by atoms with Crippen molar-refractivity contribution >= 4 is 6.09 Å². The number of nitrogens with one attached hydrogen (secondary N) is 1. The molecule has 4 rings (SSSR count). The third kappa shape index (κ3) is 3.74. The second kappa shape index (κ2) is 7.51. The van der Waals surface area contributed by atoms with E-state index in [0.717, 1.165) is 22.3 Å². The van der Waals surface area contributed by atoms with Crippen LogP contribution in [0.25, 0.3) is 11.1 Å². The highest BCUT2D eigenvalue weighted by Crippen LogP contribution is 2.45. The number of rotatable bonds is 6. The topological polar surface area (TPSA) is 58.6 Å². The number of carbonyl (C=O) groups is 1. The Kier molecular flexibility index (Phi) is 5.06. The van der Waals surface area contributed by atoms with Gasteiger partial charge in [-0.1, -0.05) is 48.5 Å². The lowest BCUT2D eigenvalue weighted by Crippen LogP contribution is -2.44. The Balaban J connectivity index is 1.36. The third-order valence-corrected chi connectivity index (χ3v) is 5.68. The molecule has 2 aliphatic rings. The molecule has 0 bridgehead atoms. The number of halogens is 2. The van der Waals surface area contributed by atoms with Gasteiger partial charge in [0, 0.05) is 18.8 Å². The predicted octanol–water partition coefficient (Wildman–Crippen LogP) is 4.32. The van der Waals surface area contributed by atoms with Crippen LogP contribution in [0.5, 0.6) is 0 Å². The van der Waals surface area contributed by atoms with Crippen molar-refractivity contribution in [2.45, 2.75) is 37.1 Å². The van der Waals surface area contributed by atoms with E-state index >= 15 is 0 Å². The van der Waals surface area contributed by atoms with Crippen LogP contribution in [-0.2, 0) is 4.74 Å². The molecule has 2 aromatic carbocycles. The number of alkyl carbamates (subject to hydrolysis) is 1. The summed E-state index contributed by atoms with van der Waals surface area (Å²) in [5.41, 5.74) is 4.52. The predicted molar refractivity (Wildman–Crippen MR) is 101 cm³/mol. The standard InChI is InChI=1S/C22H23F2NO3/c23-22(24)10-14(11-22)9-15(12-26)25-21(27)28-13-20-18-7-3-1-5-16(18)17-6-2-4-8-19(17)20/h1-8,14-15,20,26H,9-13H2,(H,25,27). The number of ether oxygens (including phenoxy) is 1. The maximum absolute atomic E-state index is 13.0. The Morgan fingerprint density at radius 3 is 2.21 bits per heavy atom. The molecule has 0 spiro atoms. The highest BCUT2D eigenvalue weighted by atomic mass is 19.3. The van der Waals surface area contributed by atoms with Crippen LogP contribution in [0.4, 0.5) is 13.6 Å². The molecule has 6 heteroatoms. The molecule has 2 aromatic rings. The highest BCUT2D eigenvalue weighted by molar-refractivity contribution is 5.79. The maximum atomic E-state index is 13.0. The molecule has 1 atom stereocenters. The molecule has 2 N–H and O–H groups in total. The maximum Gasteiger partial charge on any atom is 0.407 e. The number of benzene rings is 2. The summed E-state index contributed by atoms with van der Waals surface area (Å²) in [6.45, 7) is -0.119. The molecule has 1 saturated carbocycles. The normalized spacial score (nSPS) is 18.7. The molecule has 0 aliphatic heterocycles. The minimum Gasteiger partial charge on any atom is -0.449 e. The Hall–Kier alpha value is -2.47. The number of carbonyl (C=O) groups excluding carboxylic acids is 1. The number of aliphatic hydroxyl groups excluding tert-OH is 1. The Labute approximate surface area is 162 Å². The van der Waals surface area contributed by atoms with Crippen LogP contribution in [0.2, 0.25) is 0 Å². The minimum atomic E-state index is -2.60. The molecule has 0 aromatic heterocycles. The van der Waals surface area contributed by atoms with Crippen LogP contribution >= 0.6 is 0 Å². The van der Waals surface area contributed by atoms with Gasteiger partial charge in [0.1, 0.15) is 6.61 Å². The van der Waals surface area contributed by atoms with Crippen molar-refractivity contribution < 1.29 is 23.4 Å². The van der Waals surface area contributed by atoms with E-state index < -0.39 is 18.1 Å². The van der Waals surface area contributed by atoms with Crippen molar-refractivity contribution in [3.05, 3.63) is 59.7 Å². The Morgan fingerprint density at radius 1 is 1.11 bits per heavy atom. The number of amides is 1. The molecule has 0 heterocycles. The van der Waals surface area contributed by atoms with Crippen molar-refractivity contribution in [3.63, 3.8) is 0 Å². The van der Waals surface area contributed by atoms with Gasteiger partial charge in [0.2, 0.25) is 5.92 Å². The molecular weight excluding hydrogens is 364 g/mol. The third-order valence-electron chi connectivity index (χ3n) is 5.68. The molecule has 4 nitrogen and oxygen atoms in total. The molecule has 1 unspecified atom stereocenters. The lowest BCUT2D eigenvalue weighted by atomic mass is 9.77. The van der Waals surface area contributed by atoms with E-state index in [0.29, 0.717) is 6.42 Å². The van der Waals surface area contributed by atoms with Crippen molar-refractivity contribution in [2.24, 2.45) is 5.92 Å². The lowest BCUT2D eigenvalue weighted by Gasteiger charge is -2.36. The van der Waals surface area contributed by atoms with Crippen molar-refractivity contribution in [1.29, 1.82) is 0 Å². The molecule has 0 radical (unpaired) electrons. The van der Waals surface area contributed by atoms with Crippen LogP contribution in [0.3, 0.4) is 0 Å². The summed E-state index contributed by atoms with van der Waals surface area (Å²) < 4.78 is 31.4. The zero-order chi connectivity index (χ0) is 19.7. The van der Waals surface area contributed by atoms with E-state index in [-0.39, 0.29) is 37.9 Å². The van der Waals surface area contributed by atoms with E-state index in [4.69, 9.17) is 4.74 Å². The van der Waals surface area contributed by atoms with Gasteiger partial charge in [-0.25, -0.2) is 13.6 Å². The van der Waals surface area contributed by atoms with Crippen molar-refractivity contribution in [2.75, 3.05) is 13.2 Å². The minimum absolute atomic E-state index is 0.0453. The van der Waals surface area contributed by atoms with E-state index in [1.54, 1.807) is 0 Å². The first-order valence-electron chi connectivity index (χ1n) is 9.57. The number of hydrogen-bond donors (Lipinski definition) is 2. The van der Waals surface area contributed by atoms with Crippen molar-refractivity contribution in [1.82, 2.24) is 5.32 Å². The van der Waals surface area contributed by atoms with Gasteiger partial charge in [-0.3, -0.25) is 0 Å². The molecule has 28 heavy (non-hydrogen) atoms. The number of hydrogen-bond acceptors (Lipinski definition) is 3. The lowest BCUT2D eigenvalue weighted by molar-refractivity contribution is -0.114. The molecule has 2 aliphatic carbocycles. The molecule has 1 fully saturated rings. The number of aliphatic hydroxyl groups is 1. The average Bonchev–Trinajstić information content (AvgIpc) is 2.98. The zero-order valence-corrected chi connectivity index (χ0v) is 15.4. The fourth-order valence-corrected chi connectivity index (χ4v) is 4.34. The molecule has 1 amide bonds. The van der Waals surface area contributed by atoms with Gasteiger partial charge in [0.05, 0.1) is 12.6 Å². The first kappa shape index (κ1) is 18.9. The highest BCUT2D eigenvalue weighted by Gasteiger charge is 2.45. The smallest absolute Gasteiger partial charge is 0.407 e. The summed E-state index contributed by atoms with van der Waals surface area (Å²) in [7, 11) is 0. The van der Waals surface area contributed by atoms with Gasteiger partial charge in [0.15, 0.2) is 0 Å². The van der Waals surface area contributed by atoms with E-state index in [1.165, 1.54) is 0 Å². The van der Waals surface area contributed by atoms with Crippen LogP contribution < -0.4 is 5.32 Å². The van der Waals surface area contributed by atoms with Gasteiger partial charge < -0.3 is 15.2 Å². The summed E-state index contributed by atoms with van der Waals surface area (Å²) in [4.78, 5) is 12.2. The molecule has 0 saturated heterocycles. The van der Waals surface area contributed by atoms with E-state index in [1.807, 2.05) is 36.4 Å². The second-order valence-corrected chi connectivity index (χ2v) is 7.72. The SMILES string of the molecule is O=C(NC(CO)CC1CC(F)(F)C1)OCC1c2ccccc2-c2ccccc21. The molecular formula is C22H23F2NO3. The Morgan fingerprint density at radius 2 is 1.68 bits per heavy atom. The average molecular weight is 387 g/mol.